The molecular formula is C15H16BrF2N. The van der Waals surface area contributed by atoms with Gasteiger partial charge in [-0.05, 0) is 59.7 Å². The lowest BCUT2D eigenvalue weighted by molar-refractivity contribution is 0.367. The molecule has 0 spiro atoms. The fourth-order valence-corrected chi connectivity index (χ4v) is 3.33. The van der Waals surface area contributed by atoms with Crippen molar-refractivity contribution in [1.82, 2.24) is 0 Å². The van der Waals surface area contributed by atoms with Crippen molar-refractivity contribution in [2.24, 2.45) is 11.3 Å². The Bertz CT molecular complexity index is 524. The van der Waals surface area contributed by atoms with Gasteiger partial charge >= 0.3 is 0 Å². The van der Waals surface area contributed by atoms with Crippen molar-refractivity contribution in [3.8, 4) is 6.07 Å². The van der Waals surface area contributed by atoms with Crippen molar-refractivity contribution in [2.75, 3.05) is 0 Å². The van der Waals surface area contributed by atoms with E-state index in [1.807, 2.05) is 0 Å². The minimum absolute atomic E-state index is 0.0349. The number of nitrogens with zero attached hydrogens (tertiary/aromatic N) is 1. The van der Waals surface area contributed by atoms with Gasteiger partial charge in [-0.2, -0.15) is 5.26 Å². The SMILES string of the molecule is CCC1CCC(C#N)(Cc2c(F)ccc(Br)c2F)C1. The Balaban J connectivity index is 2.30. The van der Waals surface area contributed by atoms with Crippen LogP contribution in [0.5, 0.6) is 0 Å². The number of nitriles is 1. The third-order valence-electron chi connectivity index (χ3n) is 4.18. The molecule has 0 N–H and O–H groups in total. The van der Waals surface area contributed by atoms with E-state index in [0.717, 1.165) is 25.7 Å². The number of rotatable bonds is 3. The molecule has 0 radical (unpaired) electrons. The summed E-state index contributed by atoms with van der Waals surface area (Å²) in [6, 6.07) is 4.92. The first kappa shape index (κ1) is 14.5. The predicted molar refractivity (Wildman–Crippen MR) is 73.4 cm³/mol. The summed E-state index contributed by atoms with van der Waals surface area (Å²) < 4.78 is 28.1. The first-order valence-corrected chi connectivity index (χ1v) is 7.34. The fraction of sp³-hybridized carbons (Fsp3) is 0.533. The normalized spacial score (nSPS) is 26.4. The second kappa shape index (κ2) is 5.58. The molecule has 1 aromatic carbocycles. The molecule has 0 amide bonds. The van der Waals surface area contributed by atoms with Gasteiger partial charge in [0.25, 0.3) is 0 Å². The molecule has 1 aromatic rings. The van der Waals surface area contributed by atoms with Gasteiger partial charge in [0.2, 0.25) is 0 Å². The summed E-state index contributed by atoms with van der Waals surface area (Å²) in [4.78, 5) is 0. The van der Waals surface area contributed by atoms with Gasteiger partial charge in [-0.15, -0.1) is 0 Å². The van der Waals surface area contributed by atoms with Crippen LogP contribution in [0, 0.1) is 34.3 Å². The van der Waals surface area contributed by atoms with Crippen LogP contribution in [0.25, 0.3) is 0 Å². The maximum absolute atomic E-state index is 14.0. The van der Waals surface area contributed by atoms with Crippen LogP contribution in [0.3, 0.4) is 0 Å². The summed E-state index contributed by atoms with van der Waals surface area (Å²) in [5.41, 5.74) is -0.573. The summed E-state index contributed by atoms with van der Waals surface area (Å²) in [5, 5.41) is 9.44. The van der Waals surface area contributed by atoms with Gasteiger partial charge in [0.15, 0.2) is 0 Å². The predicted octanol–water partition coefficient (Wildman–Crippen LogP) is 4.99. The van der Waals surface area contributed by atoms with Crippen molar-refractivity contribution in [1.29, 1.82) is 5.26 Å². The summed E-state index contributed by atoms with van der Waals surface area (Å²) in [5.74, 6) is -0.636. The van der Waals surface area contributed by atoms with Crippen LogP contribution >= 0.6 is 15.9 Å². The molecule has 1 aliphatic carbocycles. The van der Waals surface area contributed by atoms with E-state index in [1.54, 1.807) is 0 Å². The molecule has 19 heavy (non-hydrogen) atoms. The Morgan fingerprint density at radius 3 is 2.79 bits per heavy atom. The smallest absolute Gasteiger partial charge is 0.143 e. The fourth-order valence-electron chi connectivity index (χ4n) is 2.96. The Labute approximate surface area is 120 Å². The molecule has 2 atom stereocenters. The van der Waals surface area contributed by atoms with E-state index < -0.39 is 17.0 Å². The molecule has 1 nitrogen and oxygen atoms in total. The quantitative estimate of drug-likeness (QED) is 0.717. The van der Waals surface area contributed by atoms with Gasteiger partial charge in [-0.1, -0.05) is 13.3 Å². The zero-order valence-corrected chi connectivity index (χ0v) is 12.4. The van der Waals surface area contributed by atoms with Gasteiger partial charge in [0.05, 0.1) is 16.0 Å². The number of benzene rings is 1. The molecule has 0 saturated heterocycles. The zero-order chi connectivity index (χ0) is 14.0. The third kappa shape index (κ3) is 2.81. The highest BCUT2D eigenvalue weighted by Gasteiger charge is 2.40. The third-order valence-corrected chi connectivity index (χ3v) is 4.79. The maximum Gasteiger partial charge on any atom is 0.143 e. The van der Waals surface area contributed by atoms with E-state index in [1.165, 1.54) is 12.1 Å². The van der Waals surface area contributed by atoms with Gasteiger partial charge in [-0.3, -0.25) is 0 Å². The molecule has 0 aromatic heterocycles. The Hall–Kier alpha value is -0.950. The van der Waals surface area contributed by atoms with Gasteiger partial charge in [0.1, 0.15) is 11.6 Å². The molecule has 1 aliphatic rings. The molecule has 102 valence electrons. The molecule has 4 heteroatoms. The first-order valence-electron chi connectivity index (χ1n) is 6.55. The number of halogens is 3. The van der Waals surface area contributed by atoms with Crippen molar-refractivity contribution in [3.05, 3.63) is 33.8 Å². The lowest BCUT2D eigenvalue weighted by atomic mass is 9.80. The topological polar surface area (TPSA) is 23.8 Å². The maximum atomic E-state index is 14.0. The van der Waals surface area contributed by atoms with Gasteiger partial charge < -0.3 is 0 Å². The van der Waals surface area contributed by atoms with E-state index >= 15 is 0 Å². The van der Waals surface area contributed by atoms with E-state index in [0.29, 0.717) is 5.92 Å². The van der Waals surface area contributed by atoms with Crippen molar-refractivity contribution in [3.63, 3.8) is 0 Å². The standard InChI is InChI=1S/C15H16BrF2N/c1-2-10-5-6-15(7-10,9-19)8-11-13(17)4-3-12(16)14(11)18/h3-4,10H,2,5-8H2,1H3. The van der Waals surface area contributed by atoms with Crippen LogP contribution in [0.15, 0.2) is 16.6 Å². The highest BCUT2D eigenvalue weighted by atomic mass is 79.9. The molecule has 1 fully saturated rings. The van der Waals surface area contributed by atoms with Gasteiger partial charge in [0, 0.05) is 5.56 Å². The summed E-state index contributed by atoms with van der Waals surface area (Å²) in [6.45, 7) is 2.10. The first-order chi connectivity index (χ1) is 9.01. The molecule has 0 bridgehead atoms. The van der Waals surface area contributed by atoms with Crippen molar-refractivity contribution in [2.45, 2.75) is 39.0 Å². The average Bonchev–Trinajstić information content (AvgIpc) is 2.83. The minimum atomic E-state index is -0.608. The second-order valence-electron chi connectivity index (χ2n) is 5.41. The Morgan fingerprint density at radius 1 is 1.47 bits per heavy atom. The summed E-state index contributed by atoms with van der Waals surface area (Å²) >= 11 is 3.07. The Morgan fingerprint density at radius 2 is 2.21 bits per heavy atom. The molecule has 0 aliphatic heterocycles. The monoisotopic (exact) mass is 327 g/mol. The molecule has 2 unspecified atom stereocenters. The second-order valence-corrected chi connectivity index (χ2v) is 6.26. The van der Waals surface area contributed by atoms with Crippen LogP contribution in [-0.2, 0) is 6.42 Å². The Kier molecular flexibility index (Phi) is 4.25. The summed E-state index contributed by atoms with van der Waals surface area (Å²) in [7, 11) is 0. The van der Waals surface area contributed by atoms with E-state index in [4.69, 9.17) is 0 Å². The lowest BCUT2D eigenvalue weighted by Crippen LogP contribution is -2.20. The highest BCUT2D eigenvalue weighted by molar-refractivity contribution is 9.10. The van der Waals surface area contributed by atoms with Crippen molar-refractivity contribution < 1.29 is 8.78 Å². The molecule has 1 saturated carbocycles. The molecule has 2 rings (SSSR count). The highest BCUT2D eigenvalue weighted by Crippen LogP contribution is 2.45. The van der Waals surface area contributed by atoms with Crippen LogP contribution in [-0.4, -0.2) is 0 Å². The largest absolute Gasteiger partial charge is 0.207 e. The summed E-state index contributed by atoms with van der Waals surface area (Å²) in [6.07, 6.45) is 3.63. The van der Waals surface area contributed by atoms with E-state index in [-0.39, 0.29) is 16.5 Å². The van der Waals surface area contributed by atoms with Gasteiger partial charge in [-0.25, -0.2) is 8.78 Å². The lowest BCUT2D eigenvalue weighted by Gasteiger charge is -2.22. The van der Waals surface area contributed by atoms with E-state index in [9.17, 15) is 14.0 Å². The van der Waals surface area contributed by atoms with E-state index in [2.05, 4.69) is 28.9 Å². The zero-order valence-electron chi connectivity index (χ0n) is 10.8. The average molecular weight is 328 g/mol. The van der Waals surface area contributed by atoms with Crippen LogP contribution in [0.1, 0.15) is 38.2 Å². The number of hydrogen-bond donors (Lipinski definition) is 0. The molecular weight excluding hydrogens is 312 g/mol. The van der Waals surface area contributed by atoms with Crippen molar-refractivity contribution >= 4 is 15.9 Å². The van der Waals surface area contributed by atoms with Crippen LogP contribution in [0.2, 0.25) is 0 Å². The number of hydrogen-bond acceptors (Lipinski definition) is 1. The minimum Gasteiger partial charge on any atom is -0.207 e. The molecule has 0 heterocycles. The van der Waals surface area contributed by atoms with Crippen LogP contribution in [0.4, 0.5) is 8.78 Å². The van der Waals surface area contributed by atoms with Crippen LogP contribution < -0.4 is 0 Å².